The van der Waals surface area contributed by atoms with Gasteiger partial charge in [-0.3, -0.25) is 4.79 Å². The van der Waals surface area contributed by atoms with E-state index < -0.39 is 0 Å². The molecule has 0 spiro atoms. The van der Waals surface area contributed by atoms with E-state index in [9.17, 15) is 4.79 Å². The summed E-state index contributed by atoms with van der Waals surface area (Å²) in [7, 11) is 3.20. The van der Waals surface area contributed by atoms with Crippen LogP contribution in [-0.4, -0.2) is 26.6 Å². The van der Waals surface area contributed by atoms with Crippen LogP contribution in [0.25, 0.3) is 0 Å². The number of anilines is 1. The number of ketones is 1. The normalized spacial score (nSPS) is 11.5. The summed E-state index contributed by atoms with van der Waals surface area (Å²) in [5, 5.41) is 3.48. The lowest BCUT2D eigenvalue weighted by molar-refractivity contribution is 0.0976. The number of rotatable bonds is 10. The van der Waals surface area contributed by atoms with E-state index in [0.29, 0.717) is 23.7 Å². The topological polar surface area (TPSA) is 56.8 Å². The van der Waals surface area contributed by atoms with Gasteiger partial charge < -0.3 is 19.5 Å². The van der Waals surface area contributed by atoms with Crippen LogP contribution in [0.4, 0.5) is 5.69 Å². The Morgan fingerprint density at radius 3 is 2.23 bits per heavy atom. The predicted molar refractivity (Wildman–Crippen MR) is 127 cm³/mol. The average molecular weight is 484 g/mol. The van der Waals surface area contributed by atoms with E-state index in [0.717, 1.165) is 21.5 Å². The summed E-state index contributed by atoms with van der Waals surface area (Å²) in [5.41, 5.74) is 2.49. The van der Waals surface area contributed by atoms with Gasteiger partial charge in [0.2, 0.25) is 0 Å². The third kappa shape index (κ3) is 6.01. The molecule has 0 heterocycles. The van der Waals surface area contributed by atoms with Gasteiger partial charge in [-0.25, -0.2) is 0 Å². The molecule has 0 aliphatic carbocycles. The molecule has 0 aromatic heterocycles. The molecule has 0 amide bonds. The zero-order valence-electron chi connectivity index (χ0n) is 17.9. The monoisotopic (exact) mass is 483 g/mol. The van der Waals surface area contributed by atoms with Gasteiger partial charge in [0.15, 0.2) is 17.3 Å². The van der Waals surface area contributed by atoms with Gasteiger partial charge in [-0.1, -0.05) is 34.1 Å². The van der Waals surface area contributed by atoms with E-state index >= 15 is 0 Å². The summed E-state index contributed by atoms with van der Waals surface area (Å²) in [4.78, 5) is 13.0. The first-order valence-electron chi connectivity index (χ1n) is 10.0. The number of hydrogen-bond acceptors (Lipinski definition) is 5. The van der Waals surface area contributed by atoms with E-state index in [1.165, 1.54) is 0 Å². The Hall–Kier alpha value is -2.99. The number of Topliss-reactive ketones (excluding diaryl/α,β-unsaturated/α-hetero) is 1. The first-order chi connectivity index (χ1) is 15.0. The fourth-order valence-electron chi connectivity index (χ4n) is 3.28. The van der Waals surface area contributed by atoms with Crippen LogP contribution in [0.1, 0.15) is 35.3 Å². The van der Waals surface area contributed by atoms with Crippen LogP contribution in [-0.2, 0) is 0 Å². The number of halogens is 1. The minimum absolute atomic E-state index is 0.0470. The van der Waals surface area contributed by atoms with Crippen molar-refractivity contribution >= 4 is 27.4 Å². The van der Waals surface area contributed by atoms with Gasteiger partial charge in [-0.15, -0.1) is 0 Å². The second-order valence-electron chi connectivity index (χ2n) is 6.90. The minimum atomic E-state index is -0.256. The van der Waals surface area contributed by atoms with E-state index in [-0.39, 0.29) is 18.2 Å². The summed E-state index contributed by atoms with van der Waals surface area (Å²) in [6.45, 7) is 2.57. The molecule has 5 nitrogen and oxygen atoms in total. The van der Waals surface area contributed by atoms with Gasteiger partial charge in [0.1, 0.15) is 5.75 Å². The minimum Gasteiger partial charge on any atom is -0.494 e. The molecule has 0 aliphatic rings. The van der Waals surface area contributed by atoms with E-state index in [1.54, 1.807) is 14.2 Å². The number of nitrogens with one attached hydrogen (secondary N) is 1. The molecule has 3 aromatic rings. The molecule has 0 bridgehead atoms. The van der Waals surface area contributed by atoms with Crippen molar-refractivity contribution in [2.75, 3.05) is 26.1 Å². The Morgan fingerprint density at radius 1 is 0.935 bits per heavy atom. The molecule has 0 radical (unpaired) electrons. The molecule has 162 valence electrons. The summed E-state index contributed by atoms with van der Waals surface area (Å²) < 4.78 is 17.3. The molecule has 3 rings (SSSR count). The molecule has 0 saturated heterocycles. The number of carbonyl (C=O) groups excluding carboxylic acids is 1. The quantitative estimate of drug-likeness (QED) is 0.343. The van der Waals surface area contributed by atoms with Crippen molar-refractivity contribution in [1.29, 1.82) is 0 Å². The number of methoxy groups -OCH3 is 2. The molecule has 1 unspecified atom stereocenters. The van der Waals surface area contributed by atoms with Gasteiger partial charge in [0.05, 0.1) is 26.9 Å². The first-order valence-corrected chi connectivity index (χ1v) is 10.8. The Labute approximate surface area is 191 Å². The second kappa shape index (κ2) is 10.9. The molecule has 6 heteroatoms. The number of benzene rings is 3. The molecular formula is C25H26BrNO4. The van der Waals surface area contributed by atoms with Crippen LogP contribution < -0.4 is 19.5 Å². The highest BCUT2D eigenvalue weighted by molar-refractivity contribution is 9.10. The van der Waals surface area contributed by atoms with Crippen molar-refractivity contribution < 1.29 is 19.0 Å². The number of hydrogen-bond donors (Lipinski definition) is 1. The van der Waals surface area contributed by atoms with Gasteiger partial charge in [0, 0.05) is 22.1 Å². The highest BCUT2D eigenvalue weighted by Crippen LogP contribution is 2.33. The van der Waals surface area contributed by atoms with Gasteiger partial charge in [-0.05, 0) is 61.0 Å². The number of carbonyl (C=O) groups is 1. The Morgan fingerprint density at radius 2 is 1.61 bits per heavy atom. The largest absolute Gasteiger partial charge is 0.494 e. The third-order valence-electron chi connectivity index (χ3n) is 4.87. The Balaban J connectivity index is 1.89. The zero-order valence-corrected chi connectivity index (χ0v) is 19.4. The maximum atomic E-state index is 13.0. The second-order valence-corrected chi connectivity index (χ2v) is 7.82. The van der Waals surface area contributed by atoms with Gasteiger partial charge in [-0.2, -0.15) is 0 Å². The average Bonchev–Trinajstić information content (AvgIpc) is 2.80. The van der Waals surface area contributed by atoms with Gasteiger partial charge >= 0.3 is 0 Å². The molecule has 0 fully saturated rings. The maximum absolute atomic E-state index is 13.0. The van der Waals surface area contributed by atoms with Crippen molar-refractivity contribution in [3.05, 3.63) is 82.3 Å². The Kier molecular flexibility index (Phi) is 7.95. The van der Waals surface area contributed by atoms with E-state index in [4.69, 9.17) is 14.2 Å². The van der Waals surface area contributed by atoms with Crippen molar-refractivity contribution in [2.45, 2.75) is 19.4 Å². The van der Waals surface area contributed by atoms with Crippen molar-refractivity contribution in [3.8, 4) is 17.2 Å². The van der Waals surface area contributed by atoms with Crippen LogP contribution in [0, 0.1) is 0 Å². The van der Waals surface area contributed by atoms with Crippen LogP contribution in [0.3, 0.4) is 0 Å². The van der Waals surface area contributed by atoms with Crippen LogP contribution in [0.2, 0.25) is 0 Å². The molecular weight excluding hydrogens is 458 g/mol. The summed E-state index contributed by atoms with van der Waals surface area (Å²) in [6, 6.07) is 20.6. The van der Waals surface area contributed by atoms with Crippen molar-refractivity contribution in [2.24, 2.45) is 0 Å². The lowest BCUT2D eigenvalue weighted by Gasteiger charge is -2.21. The number of ether oxygens (including phenoxy) is 3. The molecule has 1 atom stereocenters. The van der Waals surface area contributed by atoms with Crippen LogP contribution in [0.15, 0.2) is 71.2 Å². The van der Waals surface area contributed by atoms with E-state index in [2.05, 4.69) is 21.2 Å². The Bertz CT molecular complexity index is 1000. The molecule has 31 heavy (non-hydrogen) atoms. The first kappa shape index (κ1) is 22.7. The lowest BCUT2D eigenvalue weighted by atomic mass is 9.97. The highest BCUT2D eigenvalue weighted by Gasteiger charge is 2.19. The van der Waals surface area contributed by atoms with Crippen molar-refractivity contribution in [1.82, 2.24) is 0 Å². The predicted octanol–water partition coefficient (Wildman–Crippen LogP) is 6.29. The highest BCUT2D eigenvalue weighted by atomic mass is 79.9. The fraction of sp³-hybridized carbons (Fsp3) is 0.240. The lowest BCUT2D eigenvalue weighted by Crippen LogP contribution is -2.16. The maximum Gasteiger partial charge on any atom is 0.165 e. The summed E-state index contributed by atoms with van der Waals surface area (Å²) in [5.74, 6) is 2.12. The van der Waals surface area contributed by atoms with Crippen LogP contribution in [0.5, 0.6) is 17.2 Å². The molecule has 0 saturated carbocycles. The van der Waals surface area contributed by atoms with Crippen LogP contribution >= 0.6 is 15.9 Å². The standard InChI is InChI=1S/C25H26BrNO4/c1-4-31-21-12-10-20(11-13-21)27-22(16-23(28)17-5-8-19(26)9-6-17)18-7-14-24(29-2)25(15-18)30-3/h5-15,22,27H,4,16H2,1-3H3. The summed E-state index contributed by atoms with van der Waals surface area (Å²) >= 11 is 3.41. The zero-order chi connectivity index (χ0) is 22.2. The third-order valence-corrected chi connectivity index (χ3v) is 5.40. The molecule has 3 aromatic carbocycles. The SMILES string of the molecule is CCOc1ccc(NC(CC(=O)c2ccc(Br)cc2)c2ccc(OC)c(OC)c2)cc1. The summed E-state index contributed by atoms with van der Waals surface area (Å²) in [6.07, 6.45) is 0.282. The van der Waals surface area contributed by atoms with E-state index in [1.807, 2.05) is 73.7 Å². The van der Waals surface area contributed by atoms with Crippen molar-refractivity contribution in [3.63, 3.8) is 0 Å². The van der Waals surface area contributed by atoms with Gasteiger partial charge in [0.25, 0.3) is 0 Å². The molecule has 1 N–H and O–H groups in total. The molecule has 0 aliphatic heterocycles. The smallest absolute Gasteiger partial charge is 0.165 e. The fourth-order valence-corrected chi connectivity index (χ4v) is 3.54.